The van der Waals surface area contributed by atoms with Gasteiger partial charge in [0.25, 0.3) is 5.91 Å². The molecule has 24 heavy (non-hydrogen) atoms. The van der Waals surface area contributed by atoms with E-state index in [-0.39, 0.29) is 29.0 Å². The molecule has 1 aromatic rings. The number of benzene rings is 1. The summed E-state index contributed by atoms with van der Waals surface area (Å²) in [5, 5.41) is 0.0258. The van der Waals surface area contributed by atoms with E-state index in [9.17, 15) is 17.6 Å². The quantitative estimate of drug-likeness (QED) is 0.780. The number of carbonyl (C=O) groups is 1. The molecular formula is C16H21ClFNO4S. The third kappa shape index (κ3) is 3.62. The molecule has 0 spiro atoms. The Balaban J connectivity index is 0.00000288. The van der Waals surface area contributed by atoms with Gasteiger partial charge in [0.1, 0.15) is 11.6 Å². The van der Waals surface area contributed by atoms with Crippen LogP contribution in [0.3, 0.4) is 0 Å². The van der Waals surface area contributed by atoms with Gasteiger partial charge in [0, 0.05) is 12.0 Å². The van der Waals surface area contributed by atoms with E-state index in [2.05, 4.69) is 32.1 Å². The summed E-state index contributed by atoms with van der Waals surface area (Å²) < 4.78 is 43.1. The van der Waals surface area contributed by atoms with E-state index in [0.29, 0.717) is 12.5 Å². The lowest BCUT2D eigenvalue weighted by Crippen LogP contribution is -2.07. The van der Waals surface area contributed by atoms with Crippen LogP contribution in [0.1, 0.15) is 45.5 Å². The Morgan fingerprint density at radius 3 is 2.29 bits per heavy atom. The highest BCUT2D eigenvalue weighted by Crippen LogP contribution is 2.68. The topological polar surface area (TPSA) is 72.8 Å². The van der Waals surface area contributed by atoms with Gasteiger partial charge in [0.15, 0.2) is 0 Å². The van der Waals surface area contributed by atoms with Crippen LogP contribution >= 0.6 is 11.6 Å². The van der Waals surface area contributed by atoms with Gasteiger partial charge >= 0.3 is 10.5 Å². The van der Waals surface area contributed by atoms with Crippen LogP contribution in [0, 0.1) is 22.6 Å². The van der Waals surface area contributed by atoms with Crippen LogP contribution in [0.4, 0.5) is 4.39 Å². The summed E-state index contributed by atoms with van der Waals surface area (Å²) in [6.45, 7) is 8.91. The van der Waals surface area contributed by atoms with Crippen molar-refractivity contribution >= 4 is 28.0 Å². The molecule has 0 aromatic heterocycles. The lowest BCUT2D eigenvalue weighted by Gasteiger charge is -2.10. The molecule has 1 fully saturated rings. The van der Waals surface area contributed by atoms with E-state index < -0.39 is 27.8 Å². The van der Waals surface area contributed by atoms with Crippen molar-refractivity contribution in [2.24, 2.45) is 21.1 Å². The summed E-state index contributed by atoms with van der Waals surface area (Å²) in [7, 11) is -2.95. The fourth-order valence-electron chi connectivity index (χ4n) is 2.84. The first-order valence-corrected chi connectivity index (χ1v) is 8.36. The van der Waals surface area contributed by atoms with Gasteiger partial charge in [0.05, 0.1) is 17.2 Å². The third-order valence-corrected chi connectivity index (χ3v) is 5.74. The third-order valence-electron chi connectivity index (χ3n) is 5.13. The van der Waals surface area contributed by atoms with Gasteiger partial charge in [-0.3, -0.25) is 4.79 Å². The molecule has 0 unspecified atom stereocenters. The van der Waals surface area contributed by atoms with E-state index >= 15 is 0 Å². The molecule has 134 valence electrons. The SMILES string of the molecule is C.CC1(C)C(COc2cc(F)c(C(=O)N=S(=O)=O)cc2Cl)C1(C)C. The van der Waals surface area contributed by atoms with Gasteiger partial charge in [-0.05, 0) is 16.9 Å². The Bertz CT molecular complexity index is 781. The minimum atomic E-state index is -2.95. The maximum absolute atomic E-state index is 14.0. The minimum absolute atomic E-state index is 0. The largest absolute Gasteiger partial charge is 0.492 e. The van der Waals surface area contributed by atoms with E-state index in [4.69, 9.17) is 16.3 Å². The summed E-state index contributed by atoms with van der Waals surface area (Å²) in [4.78, 5) is 11.5. The monoisotopic (exact) mass is 377 g/mol. The van der Waals surface area contributed by atoms with Crippen LogP contribution < -0.4 is 4.74 Å². The van der Waals surface area contributed by atoms with Crippen molar-refractivity contribution in [3.8, 4) is 5.75 Å². The van der Waals surface area contributed by atoms with Crippen molar-refractivity contribution in [1.29, 1.82) is 0 Å². The highest BCUT2D eigenvalue weighted by atomic mass is 35.5. The van der Waals surface area contributed by atoms with Crippen molar-refractivity contribution in [2.45, 2.75) is 35.1 Å². The molecule has 1 aromatic carbocycles. The number of nitrogens with zero attached hydrogens (tertiary/aromatic N) is 1. The Kier molecular flexibility index (Phi) is 5.83. The van der Waals surface area contributed by atoms with Crippen LogP contribution in [-0.4, -0.2) is 20.9 Å². The molecule has 5 nitrogen and oxygen atoms in total. The van der Waals surface area contributed by atoms with Crippen LogP contribution in [0.25, 0.3) is 0 Å². The number of halogens is 2. The first-order chi connectivity index (χ1) is 10.5. The standard InChI is InChI=1S/C15H17ClFNO4S.CH4/c1-14(2)12(15(14,3)4)7-22-11-6-10(17)8(5-9(11)16)13(19)18-23(20)21;/h5-6,12H,7H2,1-4H3;1H4. The highest BCUT2D eigenvalue weighted by Gasteiger charge is 2.64. The minimum Gasteiger partial charge on any atom is -0.492 e. The highest BCUT2D eigenvalue weighted by molar-refractivity contribution is 7.62. The van der Waals surface area contributed by atoms with Gasteiger partial charge in [-0.15, -0.1) is 0 Å². The van der Waals surface area contributed by atoms with Gasteiger partial charge < -0.3 is 4.74 Å². The number of amides is 1. The van der Waals surface area contributed by atoms with Crippen molar-refractivity contribution in [1.82, 2.24) is 0 Å². The molecule has 8 heteroatoms. The summed E-state index contributed by atoms with van der Waals surface area (Å²) in [6, 6.07) is 2.00. The van der Waals surface area contributed by atoms with Crippen molar-refractivity contribution < 1.29 is 22.3 Å². The molecule has 0 saturated heterocycles. The van der Waals surface area contributed by atoms with E-state index in [1.54, 1.807) is 0 Å². The molecule has 0 bridgehead atoms. The molecule has 0 radical (unpaired) electrons. The van der Waals surface area contributed by atoms with Crippen LogP contribution in [-0.2, 0) is 10.5 Å². The second kappa shape index (κ2) is 6.80. The maximum Gasteiger partial charge on any atom is 0.319 e. The van der Waals surface area contributed by atoms with E-state index in [1.165, 1.54) is 0 Å². The Labute approximate surface area is 147 Å². The summed E-state index contributed by atoms with van der Waals surface area (Å²) in [6.07, 6.45) is 0. The first kappa shape index (κ1) is 20.6. The molecule has 0 aliphatic heterocycles. The zero-order valence-electron chi connectivity index (χ0n) is 13.2. The first-order valence-electron chi connectivity index (χ1n) is 6.95. The van der Waals surface area contributed by atoms with Crippen molar-refractivity contribution in [2.75, 3.05) is 6.61 Å². The molecule has 1 saturated carbocycles. The number of hydrogen-bond donors (Lipinski definition) is 0. The fourth-order valence-corrected chi connectivity index (χ4v) is 3.29. The lowest BCUT2D eigenvalue weighted by atomic mass is 10.0. The van der Waals surface area contributed by atoms with Gasteiger partial charge in [-0.2, -0.15) is 8.42 Å². The molecule has 0 N–H and O–H groups in total. The van der Waals surface area contributed by atoms with E-state index in [0.717, 1.165) is 12.1 Å². The van der Waals surface area contributed by atoms with Gasteiger partial charge in [-0.25, -0.2) is 4.39 Å². The zero-order chi connectivity index (χ0) is 17.6. The zero-order valence-corrected chi connectivity index (χ0v) is 14.8. The van der Waals surface area contributed by atoms with Crippen molar-refractivity contribution in [3.05, 3.63) is 28.5 Å². The number of rotatable bonds is 4. The lowest BCUT2D eigenvalue weighted by molar-refractivity contribution is 0.100. The summed E-state index contributed by atoms with van der Waals surface area (Å²) >= 11 is 5.99. The molecule has 2 rings (SSSR count). The van der Waals surface area contributed by atoms with Crippen LogP contribution in [0.15, 0.2) is 16.5 Å². The number of ether oxygens (including phenoxy) is 1. The summed E-state index contributed by atoms with van der Waals surface area (Å²) in [5.74, 6) is -1.73. The molecule has 1 aliphatic carbocycles. The normalized spacial score (nSPS) is 17.6. The second-order valence-corrected chi connectivity index (χ2v) is 7.71. The van der Waals surface area contributed by atoms with Crippen LogP contribution in [0.2, 0.25) is 5.02 Å². The number of hydrogen-bond acceptors (Lipinski definition) is 4. The molecule has 1 amide bonds. The fraction of sp³-hybridized carbons (Fsp3) is 0.562. The average molecular weight is 378 g/mol. The Hall–Kier alpha value is -1.47. The second-order valence-electron chi connectivity index (χ2n) is 6.68. The Morgan fingerprint density at radius 2 is 1.83 bits per heavy atom. The molecular weight excluding hydrogens is 357 g/mol. The van der Waals surface area contributed by atoms with Crippen molar-refractivity contribution in [3.63, 3.8) is 0 Å². The molecule has 0 atom stereocenters. The smallest absolute Gasteiger partial charge is 0.319 e. The van der Waals surface area contributed by atoms with Crippen LogP contribution in [0.5, 0.6) is 5.75 Å². The van der Waals surface area contributed by atoms with Gasteiger partial charge in [0.2, 0.25) is 0 Å². The number of carbonyl (C=O) groups excluding carboxylic acids is 1. The predicted octanol–water partition coefficient (Wildman–Crippen LogP) is 4.38. The summed E-state index contributed by atoms with van der Waals surface area (Å²) in [5.41, 5.74) is -0.283. The van der Waals surface area contributed by atoms with E-state index in [1.807, 2.05) is 0 Å². The van der Waals surface area contributed by atoms with Gasteiger partial charge in [-0.1, -0.05) is 51.1 Å². The molecule has 0 heterocycles. The maximum atomic E-state index is 14.0. The average Bonchev–Trinajstić information content (AvgIpc) is 2.79. The Morgan fingerprint density at radius 1 is 1.29 bits per heavy atom. The predicted molar refractivity (Wildman–Crippen MR) is 90.4 cm³/mol. The molecule has 1 aliphatic rings.